The van der Waals surface area contributed by atoms with Gasteiger partial charge in [0.15, 0.2) is 0 Å². The monoisotopic (exact) mass is 219 g/mol. The predicted octanol–water partition coefficient (Wildman–Crippen LogP) is -0.753. The molecule has 2 N–H and O–H groups in total. The highest BCUT2D eigenvalue weighted by atomic mass is 32.2. The highest BCUT2D eigenvalue weighted by Crippen LogP contribution is 2.13. The van der Waals surface area contributed by atoms with Crippen molar-refractivity contribution in [2.75, 3.05) is 24.7 Å². The zero-order valence-corrected chi connectivity index (χ0v) is 8.96. The molecule has 0 aromatic carbocycles. The molecule has 0 aromatic rings. The second kappa shape index (κ2) is 4.70. The van der Waals surface area contributed by atoms with Crippen molar-refractivity contribution in [1.29, 1.82) is 0 Å². The summed E-state index contributed by atoms with van der Waals surface area (Å²) in [6.45, 7) is 1.04. The van der Waals surface area contributed by atoms with Gasteiger partial charge in [0.05, 0.1) is 25.4 Å². The first-order valence-corrected chi connectivity index (χ1v) is 6.61. The van der Waals surface area contributed by atoms with E-state index < -0.39 is 10.8 Å². The largest absolute Gasteiger partial charge is 0.389 e. The van der Waals surface area contributed by atoms with Gasteiger partial charge in [0.25, 0.3) is 0 Å². The Kier molecular flexibility index (Phi) is 3.54. The van der Waals surface area contributed by atoms with Crippen LogP contribution in [0.4, 0.5) is 0 Å². The van der Waals surface area contributed by atoms with Crippen LogP contribution in [-0.4, -0.2) is 52.2 Å². The first-order valence-electron chi connectivity index (χ1n) is 5.12. The third-order valence-corrected chi connectivity index (χ3v) is 4.27. The van der Waals surface area contributed by atoms with Crippen molar-refractivity contribution in [3.63, 3.8) is 0 Å². The van der Waals surface area contributed by atoms with Gasteiger partial charge < -0.3 is 15.2 Å². The number of hydrogen-bond donors (Lipinski definition) is 2. The van der Waals surface area contributed by atoms with E-state index in [1.54, 1.807) is 0 Å². The van der Waals surface area contributed by atoms with Crippen LogP contribution >= 0.6 is 0 Å². The van der Waals surface area contributed by atoms with Gasteiger partial charge in [0, 0.05) is 28.3 Å². The first-order chi connectivity index (χ1) is 6.75. The number of ether oxygens (including phenoxy) is 1. The summed E-state index contributed by atoms with van der Waals surface area (Å²) in [7, 11) is -0.607. The SMILES string of the molecule is O=S1CCC(N[C@@H]2COC[C@H]2O)CC1. The van der Waals surface area contributed by atoms with Crippen LogP contribution < -0.4 is 5.32 Å². The number of rotatable bonds is 2. The summed E-state index contributed by atoms with van der Waals surface area (Å²) in [6.07, 6.45) is 1.54. The van der Waals surface area contributed by atoms with Crippen molar-refractivity contribution in [3.05, 3.63) is 0 Å². The summed E-state index contributed by atoms with van der Waals surface area (Å²) in [5.41, 5.74) is 0. The van der Waals surface area contributed by atoms with Gasteiger partial charge in [-0.1, -0.05) is 0 Å². The number of aliphatic hydroxyl groups is 1. The molecule has 82 valence electrons. The predicted molar refractivity (Wildman–Crippen MR) is 54.6 cm³/mol. The second-order valence-electron chi connectivity index (χ2n) is 4.00. The zero-order chi connectivity index (χ0) is 9.97. The lowest BCUT2D eigenvalue weighted by molar-refractivity contribution is 0.121. The van der Waals surface area contributed by atoms with Gasteiger partial charge >= 0.3 is 0 Å². The zero-order valence-electron chi connectivity index (χ0n) is 8.15. The lowest BCUT2D eigenvalue weighted by atomic mass is 10.1. The van der Waals surface area contributed by atoms with Gasteiger partial charge in [-0.25, -0.2) is 0 Å². The molecule has 2 aliphatic rings. The first kappa shape index (κ1) is 10.5. The summed E-state index contributed by atoms with van der Waals surface area (Å²) in [4.78, 5) is 0. The fourth-order valence-electron chi connectivity index (χ4n) is 1.97. The van der Waals surface area contributed by atoms with Crippen LogP contribution in [0.1, 0.15) is 12.8 Å². The van der Waals surface area contributed by atoms with E-state index in [-0.39, 0.29) is 12.1 Å². The van der Waals surface area contributed by atoms with Gasteiger partial charge in [-0.3, -0.25) is 4.21 Å². The molecule has 2 saturated heterocycles. The van der Waals surface area contributed by atoms with E-state index in [2.05, 4.69) is 5.32 Å². The standard InChI is InChI=1S/C9H17NO3S/c11-9-6-13-5-8(9)10-7-1-3-14(12)4-2-7/h7-11H,1-6H2/t7?,8-,9-,14?/m1/s1. The Morgan fingerprint density at radius 3 is 2.57 bits per heavy atom. The van der Waals surface area contributed by atoms with E-state index in [1.807, 2.05) is 0 Å². The Morgan fingerprint density at radius 2 is 2.00 bits per heavy atom. The van der Waals surface area contributed by atoms with Gasteiger partial charge in [-0.05, 0) is 12.8 Å². The van der Waals surface area contributed by atoms with Gasteiger partial charge in [0.2, 0.25) is 0 Å². The molecule has 0 bridgehead atoms. The fourth-order valence-corrected chi connectivity index (χ4v) is 3.26. The molecule has 2 rings (SSSR count). The van der Waals surface area contributed by atoms with Crippen LogP contribution in [0, 0.1) is 0 Å². The summed E-state index contributed by atoms with van der Waals surface area (Å²) >= 11 is 0. The molecule has 14 heavy (non-hydrogen) atoms. The van der Waals surface area contributed by atoms with Crippen LogP contribution in [-0.2, 0) is 15.5 Å². The molecule has 0 amide bonds. The van der Waals surface area contributed by atoms with Gasteiger partial charge in [-0.15, -0.1) is 0 Å². The fraction of sp³-hybridized carbons (Fsp3) is 1.00. The molecule has 2 fully saturated rings. The molecule has 0 saturated carbocycles. The molecule has 0 unspecified atom stereocenters. The van der Waals surface area contributed by atoms with Crippen molar-refractivity contribution in [3.8, 4) is 0 Å². The van der Waals surface area contributed by atoms with E-state index in [9.17, 15) is 9.32 Å². The summed E-state index contributed by atoms with van der Waals surface area (Å²) < 4.78 is 16.3. The normalized spacial score (nSPS) is 44.1. The van der Waals surface area contributed by atoms with Crippen LogP contribution in [0.5, 0.6) is 0 Å². The van der Waals surface area contributed by atoms with Crippen molar-refractivity contribution < 1.29 is 14.1 Å². The number of hydrogen-bond acceptors (Lipinski definition) is 4. The minimum atomic E-state index is -0.607. The Balaban J connectivity index is 1.77. The minimum absolute atomic E-state index is 0.0755. The Bertz CT molecular complexity index is 214. The average molecular weight is 219 g/mol. The summed E-state index contributed by atoms with van der Waals surface area (Å²) in [6, 6.07) is 0.487. The number of nitrogens with one attached hydrogen (secondary N) is 1. The maximum atomic E-state index is 11.1. The van der Waals surface area contributed by atoms with Crippen molar-refractivity contribution in [2.24, 2.45) is 0 Å². The van der Waals surface area contributed by atoms with E-state index in [0.29, 0.717) is 19.3 Å². The van der Waals surface area contributed by atoms with Crippen LogP contribution in [0.25, 0.3) is 0 Å². The molecule has 2 atom stereocenters. The molecular formula is C9H17NO3S. The lowest BCUT2D eigenvalue weighted by Crippen LogP contribution is -2.47. The maximum absolute atomic E-state index is 11.1. The average Bonchev–Trinajstić information content (AvgIpc) is 2.56. The molecule has 0 aromatic heterocycles. The van der Waals surface area contributed by atoms with Crippen LogP contribution in [0.3, 0.4) is 0 Å². The smallest absolute Gasteiger partial charge is 0.0948 e. The van der Waals surface area contributed by atoms with Crippen LogP contribution in [0.2, 0.25) is 0 Å². The van der Waals surface area contributed by atoms with Crippen molar-refractivity contribution in [1.82, 2.24) is 5.32 Å². The lowest BCUT2D eigenvalue weighted by Gasteiger charge is -2.26. The maximum Gasteiger partial charge on any atom is 0.0948 e. The molecule has 0 radical (unpaired) electrons. The third kappa shape index (κ3) is 2.53. The van der Waals surface area contributed by atoms with E-state index in [1.165, 1.54) is 0 Å². The van der Waals surface area contributed by atoms with Crippen molar-refractivity contribution in [2.45, 2.75) is 31.0 Å². The molecule has 0 spiro atoms. The Hall–Kier alpha value is 0.0300. The van der Waals surface area contributed by atoms with Crippen LogP contribution in [0.15, 0.2) is 0 Å². The highest BCUT2D eigenvalue weighted by molar-refractivity contribution is 7.85. The minimum Gasteiger partial charge on any atom is -0.389 e. The Labute approximate surface area is 86.5 Å². The molecule has 2 heterocycles. The molecular weight excluding hydrogens is 202 g/mol. The summed E-state index contributed by atoms with van der Waals surface area (Å²) in [5.74, 6) is 1.59. The van der Waals surface area contributed by atoms with Gasteiger partial charge in [0.1, 0.15) is 0 Å². The topological polar surface area (TPSA) is 58.6 Å². The highest BCUT2D eigenvalue weighted by Gasteiger charge is 2.29. The number of aliphatic hydroxyl groups excluding tert-OH is 1. The molecule has 0 aliphatic carbocycles. The van der Waals surface area contributed by atoms with Gasteiger partial charge in [-0.2, -0.15) is 0 Å². The molecule has 4 nitrogen and oxygen atoms in total. The van der Waals surface area contributed by atoms with E-state index >= 15 is 0 Å². The van der Waals surface area contributed by atoms with E-state index in [4.69, 9.17) is 4.74 Å². The van der Waals surface area contributed by atoms with Crippen molar-refractivity contribution >= 4 is 10.8 Å². The second-order valence-corrected chi connectivity index (χ2v) is 5.70. The molecule has 2 aliphatic heterocycles. The third-order valence-electron chi connectivity index (χ3n) is 2.89. The summed E-state index contributed by atoms with van der Waals surface area (Å²) in [5, 5.41) is 12.9. The van der Waals surface area contributed by atoms with E-state index in [0.717, 1.165) is 24.3 Å². The Morgan fingerprint density at radius 1 is 1.29 bits per heavy atom. The quantitative estimate of drug-likeness (QED) is 0.641. The molecule has 5 heteroatoms.